The molecule has 0 bridgehead atoms. The largest absolute Gasteiger partial charge is 0.465 e. The van der Waals surface area contributed by atoms with Gasteiger partial charge in [0.25, 0.3) is 5.91 Å². The zero-order valence-corrected chi connectivity index (χ0v) is 14.2. The third kappa shape index (κ3) is 3.92. The summed E-state index contributed by atoms with van der Waals surface area (Å²) in [6.45, 7) is 0.310. The van der Waals surface area contributed by atoms with Crippen molar-refractivity contribution in [3.05, 3.63) is 83.8 Å². The van der Waals surface area contributed by atoms with Crippen LogP contribution in [0.2, 0.25) is 0 Å². The minimum Gasteiger partial charge on any atom is -0.465 e. The molecule has 2 heterocycles. The first-order valence-corrected chi connectivity index (χ1v) is 8.00. The van der Waals surface area contributed by atoms with E-state index in [-0.39, 0.29) is 17.0 Å². The first-order valence-electron chi connectivity index (χ1n) is 8.00. The van der Waals surface area contributed by atoms with Crippen LogP contribution in [0, 0.1) is 0 Å². The van der Waals surface area contributed by atoms with Crippen molar-refractivity contribution >= 4 is 11.9 Å². The van der Waals surface area contributed by atoms with E-state index >= 15 is 0 Å². The molecular weight excluding hydrogens is 330 g/mol. The van der Waals surface area contributed by atoms with Gasteiger partial charge < -0.3 is 10.1 Å². The zero-order chi connectivity index (χ0) is 18.4. The summed E-state index contributed by atoms with van der Waals surface area (Å²) < 4.78 is 4.72. The van der Waals surface area contributed by atoms with Crippen LogP contribution in [0.25, 0.3) is 11.3 Å². The van der Waals surface area contributed by atoms with Crippen LogP contribution >= 0.6 is 0 Å². The molecule has 26 heavy (non-hydrogen) atoms. The number of carbonyl (C=O) groups is 2. The van der Waals surface area contributed by atoms with Crippen LogP contribution in [0.15, 0.2) is 67.1 Å². The van der Waals surface area contributed by atoms with Crippen molar-refractivity contribution in [1.29, 1.82) is 0 Å². The van der Waals surface area contributed by atoms with Crippen LogP contribution in [-0.4, -0.2) is 29.0 Å². The number of pyridine rings is 2. The fourth-order valence-corrected chi connectivity index (χ4v) is 2.50. The lowest BCUT2D eigenvalue weighted by molar-refractivity contribution is 0.0596. The molecule has 0 aliphatic carbocycles. The molecular formula is C20H17N3O3. The fraction of sp³-hybridized carbons (Fsp3) is 0.100. The van der Waals surface area contributed by atoms with Gasteiger partial charge in [-0.1, -0.05) is 12.1 Å². The summed E-state index contributed by atoms with van der Waals surface area (Å²) in [5.41, 5.74) is 3.08. The normalized spacial score (nSPS) is 10.2. The van der Waals surface area contributed by atoms with Crippen molar-refractivity contribution < 1.29 is 14.3 Å². The molecule has 0 saturated carbocycles. The minimum atomic E-state index is -0.543. The lowest BCUT2D eigenvalue weighted by Gasteiger charge is -2.09. The second kappa shape index (κ2) is 8.02. The standard InChI is InChI=1S/C20H17N3O3/c1-26-20(25)17-7-3-2-6-16(17)19(24)23-12-14-8-10-22-18(11-14)15-5-4-9-21-13-15/h2-11,13H,12H2,1H3,(H,23,24). The number of benzene rings is 1. The quantitative estimate of drug-likeness (QED) is 0.718. The van der Waals surface area contributed by atoms with Crippen molar-refractivity contribution in [2.75, 3.05) is 7.11 Å². The van der Waals surface area contributed by atoms with Gasteiger partial charge in [-0.2, -0.15) is 0 Å². The Morgan fingerprint density at radius 2 is 1.85 bits per heavy atom. The van der Waals surface area contributed by atoms with Crippen molar-refractivity contribution in [2.24, 2.45) is 0 Å². The SMILES string of the molecule is COC(=O)c1ccccc1C(=O)NCc1ccnc(-c2cccnc2)c1. The summed E-state index contributed by atoms with van der Waals surface area (Å²) in [5, 5.41) is 2.82. The highest BCUT2D eigenvalue weighted by Gasteiger charge is 2.16. The Balaban J connectivity index is 1.74. The maximum absolute atomic E-state index is 12.5. The van der Waals surface area contributed by atoms with E-state index < -0.39 is 5.97 Å². The van der Waals surface area contributed by atoms with E-state index in [1.54, 1.807) is 42.9 Å². The monoisotopic (exact) mass is 347 g/mol. The van der Waals surface area contributed by atoms with E-state index in [1.807, 2.05) is 24.3 Å². The van der Waals surface area contributed by atoms with E-state index in [9.17, 15) is 9.59 Å². The van der Waals surface area contributed by atoms with Crippen molar-refractivity contribution in [1.82, 2.24) is 15.3 Å². The molecule has 1 amide bonds. The number of esters is 1. The van der Waals surface area contributed by atoms with E-state index in [4.69, 9.17) is 4.74 Å². The third-order valence-electron chi connectivity index (χ3n) is 3.81. The first-order chi connectivity index (χ1) is 12.7. The molecule has 0 unspecified atom stereocenters. The average molecular weight is 347 g/mol. The predicted octanol–water partition coefficient (Wildman–Crippen LogP) is 2.86. The molecule has 130 valence electrons. The Morgan fingerprint density at radius 1 is 1.04 bits per heavy atom. The van der Waals surface area contributed by atoms with E-state index in [0.29, 0.717) is 6.54 Å². The topological polar surface area (TPSA) is 81.2 Å². The molecule has 3 aromatic rings. The lowest BCUT2D eigenvalue weighted by atomic mass is 10.1. The van der Waals surface area contributed by atoms with Crippen molar-refractivity contribution in [2.45, 2.75) is 6.54 Å². The number of amides is 1. The van der Waals surface area contributed by atoms with E-state index in [1.165, 1.54) is 7.11 Å². The van der Waals surface area contributed by atoms with Gasteiger partial charge in [-0.3, -0.25) is 14.8 Å². The molecule has 0 fully saturated rings. The molecule has 0 atom stereocenters. The lowest BCUT2D eigenvalue weighted by Crippen LogP contribution is -2.25. The predicted molar refractivity (Wildman–Crippen MR) is 96.4 cm³/mol. The Kier molecular flexibility index (Phi) is 5.34. The van der Waals surface area contributed by atoms with Crippen LogP contribution < -0.4 is 5.32 Å². The maximum Gasteiger partial charge on any atom is 0.338 e. The number of rotatable bonds is 5. The molecule has 0 aliphatic heterocycles. The smallest absolute Gasteiger partial charge is 0.338 e. The molecule has 0 saturated heterocycles. The van der Waals surface area contributed by atoms with Crippen molar-refractivity contribution in [3.8, 4) is 11.3 Å². The van der Waals surface area contributed by atoms with Crippen LogP contribution in [0.3, 0.4) is 0 Å². The van der Waals surface area contributed by atoms with Crippen LogP contribution in [0.4, 0.5) is 0 Å². The summed E-state index contributed by atoms with van der Waals surface area (Å²) in [6.07, 6.45) is 5.12. The average Bonchev–Trinajstić information content (AvgIpc) is 2.72. The molecule has 6 heteroatoms. The van der Waals surface area contributed by atoms with Gasteiger partial charge in [0, 0.05) is 30.7 Å². The molecule has 0 aliphatic rings. The minimum absolute atomic E-state index is 0.235. The molecule has 0 radical (unpaired) electrons. The second-order valence-electron chi connectivity index (χ2n) is 5.51. The molecule has 2 aromatic heterocycles. The number of hydrogen-bond acceptors (Lipinski definition) is 5. The summed E-state index contributed by atoms with van der Waals surface area (Å²) in [6, 6.07) is 14.0. The maximum atomic E-state index is 12.5. The van der Waals surface area contributed by atoms with Gasteiger partial charge in [0.2, 0.25) is 0 Å². The summed E-state index contributed by atoms with van der Waals surface area (Å²) in [5.74, 6) is -0.885. The Labute approximate surface area is 150 Å². The molecule has 6 nitrogen and oxygen atoms in total. The molecule has 1 N–H and O–H groups in total. The summed E-state index contributed by atoms with van der Waals surface area (Å²) in [7, 11) is 1.29. The second-order valence-corrected chi connectivity index (χ2v) is 5.51. The molecule has 0 spiro atoms. The van der Waals surface area contributed by atoms with Crippen LogP contribution in [0.1, 0.15) is 26.3 Å². The van der Waals surface area contributed by atoms with Gasteiger partial charge in [-0.25, -0.2) is 4.79 Å². The molecule has 3 rings (SSSR count). The van der Waals surface area contributed by atoms with E-state index in [2.05, 4.69) is 15.3 Å². The third-order valence-corrected chi connectivity index (χ3v) is 3.81. The van der Waals surface area contributed by atoms with Gasteiger partial charge in [-0.15, -0.1) is 0 Å². The highest BCUT2D eigenvalue weighted by atomic mass is 16.5. The Hall–Kier alpha value is -3.54. The van der Waals surface area contributed by atoms with Crippen LogP contribution in [-0.2, 0) is 11.3 Å². The van der Waals surface area contributed by atoms with Crippen LogP contribution in [0.5, 0.6) is 0 Å². The van der Waals surface area contributed by atoms with Gasteiger partial charge >= 0.3 is 5.97 Å². The van der Waals surface area contributed by atoms with Gasteiger partial charge in [-0.05, 0) is 42.0 Å². The van der Waals surface area contributed by atoms with Gasteiger partial charge in [0.15, 0.2) is 0 Å². The number of methoxy groups -OCH3 is 1. The highest BCUT2D eigenvalue weighted by molar-refractivity contribution is 6.05. The number of carbonyl (C=O) groups excluding carboxylic acids is 2. The molecule has 1 aromatic carbocycles. The van der Waals surface area contributed by atoms with Gasteiger partial charge in [0.1, 0.15) is 0 Å². The van der Waals surface area contributed by atoms with E-state index in [0.717, 1.165) is 16.8 Å². The zero-order valence-electron chi connectivity index (χ0n) is 14.2. The summed E-state index contributed by atoms with van der Waals surface area (Å²) >= 11 is 0. The summed E-state index contributed by atoms with van der Waals surface area (Å²) in [4.78, 5) is 32.7. The first kappa shape index (κ1) is 17.3. The number of nitrogens with one attached hydrogen (secondary N) is 1. The number of hydrogen-bond donors (Lipinski definition) is 1. The Morgan fingerprint density at radius 3 is 2.58 bits per heavy atom. The highest BCUT2D eigenvalue weighted by Crippen LogP contribution is 2.16. The van der Waals surface area contributed by atoms with Crippen molar-refractivity contribution in [3.63, 3.8) is 0 Å². The number of ether oxygens (including phenoxy) is 1. The van der Waals surface area contributed by atoms with Gasteiger partial charge in [0.05, 0.1) is 23.9 Å². The Bertz CT molecular complexity index is 926. The fourth-order valence-electron chi connectivity index (χ4n) is 2.50. The number of nitrogens with zero attached hydrogens (tertiary/aromatic N) is 2. The number of aromatic nitrogens is 2.